The highest BCUT2D eigenvalue weighted by Gasteiger charge is 2.35. The van der Waals surface area contributed by atoms with Crippen molar-refractivity contribution in [3.63, 3.8) is 0 Å². The zero-order valence-corrected chi connectivity index (χ0v) is 17.0. The van der Waals surface area contributed by atoms with Crippen molar-refractivity contribution in [2.24, 2.45) is 11.8 Å². The molecule has 1 heterocycles. The summed E-state index contributed by atoms with van der Waals surface area (Å²) < 4.78 is 0. The smallest absolute Gasteiger partial charge is 0.254 e. The summed E-state index contributed by atoms with van der Waals surface area (Å²) in [5.41, 5.74) is 1.37. The first-order valence-corrected chi connectivity index (χ1v) is 11.4. The van der Waals surface area contributed by atoms with Gasteiger partial charge in [-0.05, 0) is 74.6 Å². The largest absolute Gasteiger partial charge is 0.352 e. The Morgan fingerprint density at radius 1 is 0.821 bits per heavy atom. The van der Waals surface area contributed by atoms with Crippen molar-refractivity contribution < 1.29 is 9.59 Å². The van der Waals surface area contributed by atoms with Crippen LogP contribution in [-0.2, 0) is 0 Å². The minimum Gasteiger partial charge on any atom is -0.352 e. The number of carbonyl (C=O) groups excluding carboxylic acids is 2. The van der Waals surface area contributed by atoms with Gasteiger partial charge in [0.2, 0.25) is 0 Å². The molecule has 152 valence electrons. The van der Waals surface area contributed by atoms with Crippen LogP contribution in [0.5, 0.6) is 0 Å². The molecule has 0 aromatic heterocycles. The topological polar surface area (TPSA) is 49.4 Å². The molecule has 0 spiro atoms. The first-order chi connectivity index (χ1) is 13.7. The maximum Gasteiger partial charge on any atom is 0.254 e. The van der Waals surface area contributed by atoms with Crippen LogP contribution in [0.1, 0.15) is 91.3 Å². The summed E-state index contributed by atoms with van der Waals surface area (Å²) in [5, 5.41) is 3.08. The first kappa shape index (κ1) is 19.5. The number of rotatable bonds is 4. The van der Waals surface area contributed by atoms with Crippen molar-refractivity contribution in [1.82, 2.24) is 10.2 Å². The molecule has 4 heteroatoms. The van der Waals surface area contributed by atoms with E-state index in [1.165, 1.54) is 57.8 Å². The highest BCUT2D eigenvalue weighted by molar-refractivity contribution is 5.98. The lowest BCUT2D eigenvalue weighted by molar-refractivity contribution is 0.0390. The van der Waals surface area contributed by atoms with Gasteiger partial charge in [-0.25, -0.2) is 0 Å². The first-order valence-electron chi connectivity index (χ1n) is 11.4. The molecule has 0 radical (unpaired) electrons. The SMILES string of the molecule is O=C(NCC1CCCCC1)c1ccc(C(=O)N2CCC[C@@H]3CCCC[C@@H]32)cc1. The number of fused-ring (bicyclic) bond motifs is 1. The van der Waals surface area contributed by atoms with Crippen LogP contribution in [0.2, 0.25) is 0 Å². The summed E-state index contributed by atoms with van der Waals surface area (Å²) >= 11 is 0. The fourth-order valence-corrected chi connectivity index (χ4v) is 5.54. The van der Waals surface area contributed by atoms with Crippen molar-refractivity contribution in [3.05, 3.63) is 35.4 Å². The van der Waals surface area contributed by atoms with Crippen molar-refractivity contribution >= 4 is 11.8 Å². The number of carbonyl (C=O) groups is 2. The second kappa shape index (κ2) is 9.11. The lowest BCUT2D eigenvalue weighted by Gasteiger charge is -2.44. The van der Waals surface area contributed by atoms with Gasteiger partial charge in [-0.3, -0.25) is 9.59 Å². The number of likely N-dealkylation sites (tertiary alicyclic amines) is 1. The van der Waals surface area contributed by atoms with Crippen LogP contribution in [0.3, 0.4) is 0 Å². The van der Waals surface area contributed by atoms with E-state index in [-0.39, 0.29) is 11.8 Å². The van der Waals surface area contributed by atoms with Gasteiger partial charge < -0.3 is 10.2 Å². The highest BCUT2D eigenvalue weighted by atomic mass is 16.2. The molecule has 1 aliphatic heterocycles. The zero-order chi connectivity index (χ0) is 19.3. The monoisotopic (exact) mass is 382 g/mol. The number of nitrogens with zero attached hydrogens (tertiary/aromatic N) is 1. The molecule has 4 nitrogen and oxygen atoms in total. The van der Waals surface area contributed by atoms with Gasteiger partial charge in [0.1, 0.15) is 0 Å². The fraction of sp³-hybridized carbons (Fsp3) is 0.667. The van der Waals surface area contributed by atoms with Crippen LogP contribution in [-0.4, -0.2) is 35.8 Å². The lowest BCUT2D eigenvalue weighted by Crippen LogP contribution is -2.49. The standard InChI is InChI=1S/C24H34N2O2/c27-23(25-17-18-7-2-1-3-8-18)20-12-14-21(15-13-20)24(28)26-16-6-10-19-9-4-5-11-22(19)26/h12-15,18-19,22H,1-11,16-17H2,(H,25,27)/t19-,22-/m0/s1. The number of piperidine rings is 1. The summed E-state index contributed by atoms with van der Waals surface area (Å²) in [7, 11) is 0. The Bertz CT molecular complexity index is 676. The number of hydrogen-bond donors (Lipinski definition) is 1. The molecule has 3 aliphatic rings. The molecule has 0 bridgehead atoms. The van der Waals surface area contributed by atoms with Gasteiger partial charge in [-0.2, -0.15) is 0 Å². The highest BCUT2D eigenvalue weighted by Crippen LogP contribution is 2.36. The van der Waals surface area contributed by atoms with Crippen molar-refractivity contribution in [1.29, 1.82) is 0 Å². The van der Waals surface area contributed by atoms with E-state index in [0.29, 0.717) is 23.4 Å². The molecule has 28 heavy (non-hydrogen) atoms. The fourth-order valence-electron chi connectivity index (χ4n) is 5.54. The van der Waals surface area contributed by atoms with Gasteiger partial charge in [-0.1, -0.05) is 32.1 Å². The Morgan fingerprint density at radius 2 is 1.46 bits per heavy atom. The van der Waals surface area contributed by atoms with Crippen LogP contribution in [0.15, 0.2) is 24.3 Å². The van der Waals surface area contributed by atoms with Gasteiger partial charge >= 0.3 is 0 Å². The zero-order valence-electron chi connectivity index (χ0n) is 17.0. The van der Waals surface area contributed by atoms with E-state index in [1.54, 1.807) is 0 Å². The molecule has 2 aliphatic carbocycles. The normalized spacial score (nSPS) is 25.8. The van der Waals surface area contributed by atoms with Gasteiger partial charge in [0, 0.05) is 30.3 Å². The van der Waals surface area contributed by atoms with Crippen molar-refractivity contribution in [2.75, 3.05) is 13.1 Å². The van der Waals surface area contributed by atoms with Crippen molar-refractivity contribution in [2.45, 2.75) is 76.7 Å². The summed E-state index contributed by atoms with van der Waals surface area (Å²) in [6.45, 7) is 1.65. The molecule has 1 aromatic rings. The maximum atomic E-state index is 13.1. The third-order valence-corrected chi connectivity index (χ3v) is 7.17. The Hall–Kier alpha value is -1.84. The van der Waals surface area contributed by atoms with E-state index in [0.717, 1.165) is 31.5 Å². The van der Waals surface area contributed by atoms with E-state index in [2.05, 4.69) is 10.2 Å². The molecule has 1 N–H and O–H groups in total. The van der Waals surface area contributed by atoms with E-state index in [4.69, 9.17) is 0 Å². The van der Waals surface area contributed by atoms with Gasteiger partial charge in [0.15, 0.2) is 0 Å². The summed E-state index contributed by atoms with van der Waals surface area (Å²) in [5.74, 6) is 1.44. The Kier molecular flexibility index (Phi) is 6.33. The van der Waals surface area contributed by atoms with Crippen LogP contribution in [0, 0.1) is 11.8 Å². The average Bonchev–Trinajstić information content (AvgIpc) is 2.77. The summed E-state index contributed by atoms with van der Waals surface area (Å²) in [6, 6.07) is 7.72. The molecule has 1 aromatic carbocycles. The van der Waals surface area contributed by atoms with Crippen LogP contribution in [0.25, 0.3) is 0 Å². The molecule has 2 atom stereocenters. The van der Waals surface area contributed by atoms with Crippen molar-refractivity contribution in [3.8, 4) is 0 Å². The van der Waals surface area contributed by atoms with Crippen LogP contribution in [0.4, 0.5) is 0 Å². The van der Waals surface area contributed by atoms with Crippen LogP contribution < -0.4 is 5.32 Å². The van der Waals surface area contributed by atoms with E-state index >= 15 is 0 Å². The predicted molar refractivity (Wildman–Crippen MR) is 111 cm³/mol. The number of amides is 2. The minimum atomic E-state index is -0.0186. The average molecular weight is 383 g/mol. The third kappa shape index (κ3) is 4.42. The predicted octanol–water partition coefficient (Wildman–Crippen LogP) is 4.79. The number of hydrogen-bond acceptors (Lipinski definition) is 2. The molecule has 2 amide bonds. The quantitative estimate of drug-likeness (QED) is 0.814. The number of benzene rings is 1. The van der Waals surface area contributed by atoms with E-state index < -0.39 is 0 Å². The van der Waals surface area contributed by atoms with E-state index in [9.17, 15) is 9.59 Å². The minimum absolute atomic E-state index is 0.0186. The van der Waals surface area contributed by atoms with Gasteiger partial charge in [0.05, 0.1) is 0 Å². The third-order valence-electron chi connectivity index (χ3n) is 7.17. The molecule has 2 saturated carbocycles. The summed E-state index contributed by atoms with van der Waals surface area (Å²) in [6.07, 6.45) is 13.7. The number of nitrogens with one attached hydrogen (secondary N) is 1. The molecule has 1 saturated heterocycles. The second-order valence-electron chi connectivity index (χ2n) is 9.04. The molecular weight excluding hydrogens is 348 g/mol. The molecule has 4 rings (SSSR count). The second-order valence-corrected chi connectivity index (χ2v) is 9.04. The lowest BCUT2D eigenvalue weighted by atomic mass is 9.78. The Morgan fingerprint density at radius 3 is 2.25 bits per heavy atom. The Labute approximate surface area is 169 Å². The van der Waals surface area contributed by atoms with Gasteiger partial charge in [-0.15, -0.1) is 0 Å². The molecular formula is C24H34N2O2. The van der Waals surface area contributed by atoms with Gasteiger partial charge in [0.25, 0.3) is 11.8 Å². The Balaban J connectivity index is 1.35. The molecule has 0 unspecified atom stereocenters. The summed E-state index contributed by atoms with van der Waals surface area (Å²) in [4.78, 5) is 27.7. The van der Waals surface area contributed by atoms with Crippen LogP contribution >= 0.6 is 0 Å². The van der Waals surface area contributed by atoms with E-state index in [1.807, 2.05) is 24.3 Å². The maximum absolute atomic E-state index is 13.1. The molecule has 3 fully saturated rings.